The molecule has 0 N–H and O–H groups in total. The molecular weight excluding hydrogens is 265 g/mol. The van der Waals surface area contributed by atoms with Gasteiger partial charge >= 0.3 is 11.5 Å². The van der Waals surface area contributed by atoms with E-state index in [0.29, 0.717) is 12.1 Å². The zero-order valence-electron chi connectivity index (χ0n) is 7.94. The van der Waals surface area contributed by atoms with Crippen molar-refractivity contribution in [3.05, 3.63) is 39.9 Å². The van der Waals surface area contributed by atoms with Gasteiger partial charge in [0.25, 0.3) is 0 Å². The number of hydrogen-bond acceptors (Lipinski definition) is 3. The molecule has 0 unspecified atom stereocenters. The van der Waals surface area contributed by atoms with Crippen LogP contribution in [0.25, 0.3) is 0 Å². The number of anilines is 1. The number of benzene rings is 1. The van der Waals surface area contributed by atoms with E-state index in [4.69, 9.17) is 11.6 Å². The highest BCUT2D eigenvalue weighted by molar-refractivity contribution is 6.65. The van der Waals surface area contributed by atoms with Crippen LogP contribution in [0.5, 0.6) is 0 Å². The van der Waals surface area contributed by atoms with Crippen molar-refractivity contribution in [1.82, 2.24) is 0 Å². The predicted octanol–water partition coefficient (Wildman–Crippen LogP) is 3.06. The molecule has 0 saturated heterocycles. The normalized spacial score (nSPS) is 11.1. The molecule has 0 saturated carbocycles. The summed E-state index contributed by atoms with van der Waals surface area (Å²) in [6.07, 6.45) is -4.55. The summed E-state index contributed by atoms with van der Waals surface area (Å²) in [7, 11) is 0. The van der Waals surface area contributed by atoms with E-state index in [9.17, 15) is 28.1 Å². The molecule has 5 nitrogen and oxygen atoms in total. The van der Waals surface area contributed by atoms with E-state index in [2.05, 4.69) is 0 Å². The summed E-state index contributed by atoms with van der Waals surface area (Å²) in [4.78, 5) is 21.1. The Labute approximate surface area is 97.5 Å². The molecule has 92 valence electrons. The maximum atomic E-state index is 12.2. The Morgan fingerprint density at radius 1 is 1.29 bits per heavy atom. The van der Waals surface area contributed by atoms with E-state index in [1.165, 1.54) is 0 Å². The zero-order chi connectivity index (χ0) is 13.2. The summed E-state index contributed by atoms with van der Waals surface area (Å²) in [6.45, 7) is 0. The number of carbonyl (C=O) groups excluding carboxylic acids is 1. The number of halogens is 4. The first kappa shape index (κ1) is 13.2. The van der Waals surface area contributed by atoms with Crippen LogP contribution in [0.15, 0.2) is 24.3 Å². The SMILES string of the molecule is O=C(Cl)N(c1ccc(C(F)(F)F)cc1)[N+](=O)[O-]. The third-order valence-corrected chi connectivity index (χ3v) is 1.93. The molecule has 0 spiro atoms. The number of nitrogens with zero attached hydrogens (tertiary/aromatic N) is 2. The molecule has 1 aromatic rings. The number of nitro groups is 1. The smallest absolute Gasteiger partial charge is 0.249 e. The molecule has 1 aromatic carbocycles. The summed E-state index contributed by atoms with van der Waals surface area (Å²) in [5, 5.41) is 7.81. The van der Waals surface area contributed by atoms with E-state index in [-0.39, 0.29) is 10.7 Å². The molecule has 1 rings (SSSR count). The van der Waals surface area contributed by atoms with Crippen molar-refractivity contribution in [3.8, 4) is 0 Å². The van der Waals surface area contributed by atoms with Gasteiger partial charge in [-0.15, -0.1) is 0 Å². The number of hydrogen-bond donors (Lipinski definition) is 0. The number of carbonyl (C=O) groups is 1. The zero-order valence-corrected chi connectivity index (χ0v) is 8.70. The molecule has 17 heavy (non-hydrogen) atoms. The van der Waals surface area contributed by atoms with Crippen molar-refractivity contribution in [2.24, 2.45) is 0 Å². The third-order valence-electron chi connectivity index (χ3n) is 1.77. The van der Waals surface area contributed by atoms with Gasteiger partial charge in [-0.25, -0.2) is 14.9 Å². The monoisotopic (exact) mass is 268 g/mol. The first-order chi connectivity index (χ1) is 7.73. The Kier molecular flexibility index (Phi) is 3.56. The van der Waals surface area contributed by atoms with Crippen LogP contribution in [-0.2, 0) is 6.18 Å². The van der Waals surface area contributed by atoms with Gasteiger partial charge in [-0.3, -0.25) is 0 Å². The molecule has 0 radical (unpaired) electrons. The molecule has 0 aliphatic rings. The topological polar surface area (TPSA) is 63.5 Å². The maximum absolute atomic E-state index is 12.2. The molecule has 0 aliphatic heterocycles. The van der Waals surface area contributed by atoms with E-state index in [1.807, 2.05) is 0 Å². The second-order valence-electron chi connectivity index (χ2n) is 2.85. The van der Waals surface area contributed by atoms with Crippen molar-refractivity contribution in [1.29, 1.82) is 0 Å². The minimum atomic E-state index is -4.55. The maximum Gasteiger partial charge on any atom is 0.416 e. The van der Waals surface area contributed by atoms with Gasteiger partial charge in [0.15, 0.2) is 5.03 Å². The van der Waals surface area contributed by atoms with Crippen LogP contribution in [-0.4, -0.2) is 10.4 Å². The van der Waals surface area contributed by atoms with E-state index < -0.39 is 22.1 Å². The summed E-state index contributed by atoms with van der Waals surface area (Å²) in [5.74, 6) is 0. The molecule has 0 atom stereocenters. The number of alkyl halides is 3. The largest absolute Gasteiger partial charge is 0.416 e. The van der Waals surface area contributed by atoms with Gasteiger partial charge in [0, 0.05) is 0 Å². The van der Waals surface area contributed by atoms with Crippen LogP contribution < -0.4 is 5.01 Å². The quantitative estimate of drug-likeness (QED) is 0.358. The molecule has 9 heteroatoms. The summed E-state index contributed by atoms with van der Waals surface area (Å²) < 4.78 is 36.6. The molecule has 0 heterocycles. The number of hydrazine groups is 1. The number of amides is 1. The fourth-order valence-corrected chi connectivity index (χ4v) is 1.21. The van der Waals surface area contributed by atoms with Crippen molar-refractivity contribution < 1.29 is 23.0 Å². The minimum absolute atomic E-state index is 0.0677. The van der Waals surface area contributed by atoms with Crippen LogP contribution in [0, 0.1) is 10.1 Å². The fraction of sp³-hybridized carbons (Fsp3) is 0.125. The fourth-order valence-electron chi connectivity index (χ4n) is 1.05. The highest BCUT2D eigenvalue weighted by Gasteiger charge is 2.31. The summed E-state index contributed by atoms with van der Waals surface area (Å²) in [6, 6.07) is 2.80. The molecule has 0 bridgehead atoms. The van der Waals surface area contributed by atoms with Crippen LogP contribution in [0.2, 0.25) is 0 Å². The minimum Gasteiger partial charge on any atom is -0.249 e. The molecule has 1 amide bonds. The van der Waals surface area contributed by atoms with Crippen molar-refractivity contribution in [2.45, 2.75) is 6.18 Å². The van der Waals surface area contributed by atoms with Gasteiger partial charge in [-0.1, -0.05) is 0 Å². The average Bonchev–Trinajstić information content (AvgIpc) is 2.15. The van der Waals surface area contributed by atoms with Gasteiger partial charge in [0.2, 0.25) is 0 Å². The lowest BCUT2D eigenvalue weighted by Gasteiger charge is -2.10. The lowest BCUT2D eigenvalue weighted by molar-refractivity contribution is -0.480. The Bertz CT molecular complexity index is 432. The predicted molar refractivity (Wildman–Crippen MR) is 52.2 cm³/mol. The van der Waals surface area contributed by atoms with E-state index in [1.54, 1.807) is 0 Å². The molecule has 0 aliphatic carbocycles. The second kappa shape index (κ2) is 4.58. The van der Waals surface area contributed by atoms with Crippen molar-refractivity contribution in [3.63, 3.8) is 0 Å². The lowest BCUT2D eigenvalue weighted by Crippen LogP contribution is -2.32. The lowest BCUT2D eigenvalue weighted by atomic mass is 10.2. The highest BCUT2D eigenvalue weighted by atomic mass is 35.5. The van der Waals surface area contributed by atoms with Gasteiger partial charge in [-0.2, -0.15) is 13.2 Å². The van der Waals surface area contributed by atoms with Gasteiger partial charge in [0.1, 0.15) is 5.69 Å². The van der Waals surface area contributed by atoms with Gasteiger partial charge in [0.05, 0.1) is 5.56 Å². The first-order valence-electron chi connectivity index (χ1n) is 4.04. The number of rotatable bonds is 2. The summed E-state index contributed by atoms with van der Waals surface area (Å²) in [5.41, 5.74) is -1.34. The second-order valence-corrected chi connectivity index (χ2v) is 3.17. The Morgan fingerprint density at radius 2 is 1.76 bits per heavy atom. The van der Waals surface area contributed by atoms with Crippen molar-refractivity contribution >= 4 is 22.7 Å². The van der Waals surface area contributed by atoms with Gasteiger partial charge < -0.3 is 0 Å². The van der Waals surface area contributed by atoms with Crippen LogP contribution in [0.3, 0.4) is 0 Å². The Balaban J connectivity index is 3.09. The van der Waals surface area contributed by atoms with Crippen LogP contribution >= 0.6 is 11.6 Å². The molecule has 0 aromatic heterocycles. The van der Waals surface area contributed by atoms with Crippen LogP contribution in [0.4, 0.5) is 23.7 Å². The van der Waals surface area contributed by atoms with Crippen LogP contribution in [0.1, 0.15) is 5.56 Å². The third kappa shape index (κ3) is 3.06. The van der Waals surface area contributed by atoms with E-state index >= 15 is 0 Å². The van der Waals surface area contributed by atoms with E-state index in [0.717, 1.165) is 12.1 Å². The standard InChI is InChI=1S/C8H4ClF3N2O3/c9-7(15)13(14(16)17)6-3-1-5(2-4-6)8(10,11)12/h1-4H. The molecule has 0 fully saturated rings. The average molecular weight is 269 g/mol. The molecular formula is C8H4ClF3N2O3. The van der Waals surface area contributed by atoms with Crippen molar-refractivity contribution in [2.75, 3.05) is 5.01 Å². The summed E-state index contributed by atoms with van der Waals surface area (Å²) >= 11 is 4.93. The first-order valence-corrected chi connectivity index (χ1v) is 4.42. The Hall–Kier alpha value is -1.83. The highest BCUT2D eigenvalue weighted by Crippen LogP contribution is 2.30. The Morgan fingerprint density at radius 3 is 2.06 bits per heavy atom. The van der Waals surface area contributed by atoms with Gasteiger partial charge in [-0.05, 0) is 40.9 Å².